The standard InChI is InChI=1S/C24H23N3O5S/c1-14(4-3-9-28)19-12-20(23-25-24(27-26-23)33-13-21(29)30)32-22(19)17-6-5-16-11-18(31-2)8-7-15(16)10-17/h3-8,10-12,14,28H,9,13H2,1-2H3,(H,29,30)(H,25,26,27)/b4-3+. The number of aliphatic hydroxyl groups is 1. The molecule has 8 nitrogen and oxygen atoms in total. The molecular formula is C24H23N3O5S. The zero-order valence-corrected chi connectivity index (χ0v) is 18.9. The predicted octanol–water partition coefficient (Wildman–Crippen LogP) is 4.72. The molecule has 170 valence electrons. The minimum atomic E-state index is -0.938. The van der Waals surface area contributed by atoms with E-state index in [1.54, 1.807) is 13.2 Å². The largest absolute Gasteiger partial charge is 0.497 e. The average Bonchev–Trinajstić information content (AvgIpc) is 3.48. The highest BCUT2D eigenvalue weighted by atomic mass is 32.2. The average molecular weight is 466 g/mol. The van der Waals surface area contributed by atoms with Gasteiger partial charge < -0.3 is 19.4 Å². The first-order chi connectivity index (χ1) is 16.0. The van der Waals surface area contributed by atoms with Gasteiger partial charge in [-0.15, -0.1) is 5.10 Å². The Balaban J connectivity index is 1.75. The summed E-state index contributed by atoms with van der Waals surface area (Å²) < 4.78 is 11.6. The first-order valence-electron chi connectivity index (χ1n) is 10.2. The molecule has 0 fully saturated rings. The number of H-pyrrole nitrogens is 1. The van der Waals surface area contributed by atoms with Crippen molar-refractivity contribution in [3.05, 3.63) is 60.2 Å². The third kappa shape index (κ3) is 5.10. The molecule has 2 heterocycles. The van der Waals surface area contributed by atoms with Gasteiger partial charge in [0.2, 0.25) is 5.16 Å². The number of ether oxygens (including phenoxy) is 1. The fourth-order valence-electron chi connectivity index (χ4n) is 3.49. The highest BCUT2D eigenvalue weighted by molar-refractivity contribution is 7.99. The molecule has 4 aromatic rings. The Labute approximate surface area is 194 Å². The van der Waals surface area contributed by atoms with E-state index < -0.39 is 5.97 Å². The second kappa shape index (κ2) is 9.93. The van der Waals surface area contributed by atoms with Crippen molar-refractivity contribution in [3.8, 4) is 28.7 Å². The van der Waals surface area contributed by atoms with Crippen LogP contribution in [0.4, 0.5) is 0 Å². The Bertz CT molecular complexity index is 1310. The number of hydrogen-bond acceptors (Lipinski definition) is 7. The number of nitrogens with one attached hydrogen (secondary N) is 1. The molecule has 0 bridgehead atoms. The van der Waals surface area contributed by atoms with Crippen molar-refractivity contribution < 1.29 is 24.2 Å². The van der Waals surface area contributed by atoms with Gasteiger partial charge in [0, 0.05) is 17.0 Å². The Kier molecular flexibility index (Phi) is 6.81. The van der Waals surface area contributed by atoms with E-state index in [0.717, 1.165) is 39.4 Å². The monoisotopic (exact) mass is 465 g/mol. The number of carbonyl (C=O) groups is 1. The van der Waals surface area contributed by atoms with E-state index in [1.165, 1.54) is 0 Å². The lowest BCUT2D eigenvalue weighted by molar-refractivity contribution is -0.133. The van der Waals surface area contributed by atoms with E-state index in [2.05, 4.69) is 21.2 Å². The van der Waals surface area contributed by atoms with E-state index >= 15 is 0 Å². The van der Waals surface area contributed by atoms with Crippen molar-refractivity contribution in [2.24, 2.45) is 0 Å². The molecular weight excluding hydrogens is 442 g/mol. The van der Waals surface area contributed by atoms with Crippen molar-refractivity contribution >= 4 is 28.5 Å². The van der Waals surface area contributed by atoms with Crippen LogP contribution < -0.4 is 4.74 Å². The number of aromatic nitrogens is 3. The molecule has 2 aromatic heterocycles. The van der Waals surface area contributed by atoms with Crippen molar-refractivity contribution in [1.82, 2.24) is 15.2 Å². The summed E-state index contributed by atoms with van der Waals surface area (Å²) in [6, 6.07) is 13.8. The van der Waals surface area contributed by atoms with Gasteiger partial charge in [-0.25, -0.2) is 0 Å². The van der Waals surface area contributed by atoms with E-state index in [-0.39, 0.29) is 18.3 Å². The van der Waals surface area contributed by atoms with Crippen LogP contribution >= 0.6 is 11.8 Å². The van der Waals surface area contributed by atoms with Crippen LogP contribution in [0.2, 0.25) is 0 Å². The number of aliphatic carboxylic acids is 1. The molecule has 3 N–H and O–H groups in total. The number of carboxylic acids is 1. The Morgan fingerprint density at radius 2 is 2.03 bits per heavy atom. The number of rotatable bonds is 9. The lowest BCUT2D eigenvalue weighted by Gasteiger charge is -2.09. The maximum Gasteiger partial charge on any atom is 0.313 e. The van der Waals surface area contributed by atoms with Crippen LogP contribution in [0.5, 0.6) is 5.75 Å². The number of thioether (sulfide) groups is 1. The Morgan fingerprint density at radius 1 is 1.24 bits per heavy atom. The SMILES string of the molecule is COc1ccc2cc(-c3oc(-c4nc(SCC(=O)O)n[nH]4)cc3C(C)/C=C/CO)ccc2c1. The molecule has 0 saturated carbocycles. The number of furan rings is 1. The molecule has 0 saturated heterocycles. The lowest BCUT2D eigenvalue weighted by atomic mass is 9.96. The minimum absolute atomic E-state index is 0.0278. The number of fused-ring (bicyclic) bond motifs is 1. The van der Waals surface area contributed by atoms with Crippen LogP contribution in [-0.4, -0.2) is 50.8 Å². The maximum atomic E-state index is 10.8. The molecule has 0 spiro atoms. The summed E-state index contributed by atoms with van der Waals surface area (Å²) in [7, 11) is 1.64. The highest BCUT2D eigenvalue weighted by Gasteiger charge is 2.20. The molecule has 9 heteroatoms. The van der Waals surface area contributed by atoms with Crippen LogP contribution in [0.3, 0.4) is 0 Å². The van der Waals surface area contributed by atoms with Crippen LogP contribution in [0.1, 0.15) is 18.4 Å². The van der Waals surface area contributed by atoms with Gasteiger partial charge in [0.1, 0.15) is 11.5 Å². The zero-order chi connectivity index (χ0) is 23.4. The molecule has 1 atom stereocenters. The third-order valence-electron chi connectivity index (χ3n) is 5.11. The van der Waals surface area contributed by atoms with Crippen molar-refractivity contribution in [1.29, 1.82) is 0 Å². The predicted molar refractivity (Wildman–Crippen MR) is 127 cm³/mol. The van der Waals surface area contributed by atoms with Crippen molar-refractivity contribution in [3.63, 3.8) is 0 Å². The van der Waals surface area contributed by atoms with Crippen molar-refractivity contribution in [2.75, 3.05) is 19.5 Å². The number of carboxylic acid groups (broad SMARTS) is 1. The fraction of sp³-hybridized carbons (Fsp3) is 0.208. The first kappa shape index (κ1) is 22.6. The maximum absolute atomic E-state index is 10.8. The molecule has 1 unspecified atom stereocenters. The van der Waals surface area contributed by atoms with Crippen molar-refractivity contribution in [2.45, 2.75) is 18.0 Å². The second-order valence-corrected chi connectivity index (χ2v) is 8.31. The molecule has 2 aromatic carbocycles. The van der Waals surface area contributed by atoms with E-state index in [4.69, 9.17) is 14.3 Å². The number of hydrogen-bond donors (Lipinski definition) is 3. The number of methoxy groups -OCH3 is 1. The summed E-state index contributed by atoms with van der Waals surface area (Å²) in [6.07, 6.45) is 3.61. The normalized spacial score (nSPS) is 12.5. The van der Waals surface area contributed by atoms with Crippen LogP contribution in [-0.2, 0) is 4.79 Å². The van der Waals surface area contributed by atoms with Gasteiger partial charge in [0.05, 0.1) is 19.5 Å². The molecule has 0 aliphatic heterocycles. The van der Waals surface area contributed by atoms with Gasteiger partial charge in [0.15, 0.2) is 11.6 Å². The molecule has 0 aliphatic rings. The zero-order valence-electron chi connectivity index (χ0n) is 18.1. The first-order valence-corrected chi connectivity index (χ1v) is 11.2. The smallest absolute Gasteiger partial charge is 0.313 e. The number of aromatic amines is 1. The summed E-state index contributed by atoms with van der Waals surface area (Å²) in [5, 5.41) is 27.4. The molecule has 0 aliphatic carbocycles. The molecule has 0 amide bonds. The van der Waals surface area contributed by atoms with Crippen LogP contribution in [0.15, 0.2) is 64.2 Å². The molecule has 0 radical (unpaired) electrons. The third-order valence-corrected chi connectivity index (χ3v) is 5.95. The number of benzene rings is 2. The van der Waals surface area contributed by atoms with Gasteiger partial charge in [-0.1, -0.05) is 49.0 Å². The van der Waals surface area contributed by atoms with Gasteiger partial charge in [-0.05, 0) is 35.0 Å². The molecule has 33 heavy (non-hydrogen) atoms. The van der Waals surface area contributed by atoms with Gasteiger partial charge in [0.25, 0.3) is 0 Å². The number of aliphatic hydroxyl groups excluding tert-OH is 1. The van der Waals surface area contributed by atoms with E-state index in [9.17, 15) is 9.90 Å². The molecule has 4 rings (SSSR count). The highest BCUT2D eigenvalue weighted by Crippen LogP contribution is 2.38. The summed E-state index contributed by atoms with van der Waals surface area (Å²) >= 11 is 1.03. The van der Waals surface area contributed by atoms with Gasteiger partial charge in [-0.2, -0.15) is 4.98 Å². The van der Waals surface area contributed by atoms with E-state index in [1.807, 2.05) is 49.4 Å². The summed E-state index contributed by atoms with van der Waals surface area (Å²) in [6.45, 7) is 1.97. The second-order valence-electron chi connectivity index (χ2n) is 7.37. The summed E-state index contributed by atoms with van der Waals surface area (Å²) in [5.74, 6) is 1.30. The van der Waals surface area contributed by atoms with E-state index in [0.29, 0.717) is 22.5 Å². The van der Waals surface area contributed by atoms with Crippen LogP contribution in [0, 0.1) is 0 Å². The lowest BCUT2D eigenvalue weighted by Crippen LogP contribution is -1.97. The minimum Gasteiger partial charge on any atom is -0.497 e. The summed E-state index contributed by atoms with van der Waals surface area (Å²) in [5.41, 5.74) is 1.83. The van der Waals surface area contributed by atoms with Gasteiger partial charge in [-0.3, -0.25) is 9.89 Å². The van der Waals surface area contributed by atoms with Gasteiger partial charge >= 0.3 is 5.97 Å². The Morgan fingerprint density at radius 3 is 2.79 bits per heavy atom. The summed E-state index contributed by atoms with van der Waals surface area (Å²) in [4.78, 5) is 15.2. The number of nitrogens with zero attached hydrogens (tertiary/aromatic N) is 2. The number of allylic oxidation sites excluding steroid dienone is 1. The Hall–Kier alpha value is -3.56. The fourth-order valence-corrected chi connectivity index (χ4v) is 4.01. The topological polar surface area (TPSA) is 121 Å². The van der Waals surface area contributed by atoms with Crippen LogP contribution in [0.25, 0.3) is 33.7 Å². The quantitative estimate of drug-likeness (QED) is 0.240.